The van der Waals surface area contributed by atoms with Crippen LogP contribution in [0.3, 0.4) is 0 Å². The van der Waals surface area contributed by atoms with Crippen LogP contribution in [0.25, 0.3) is 0 Å². The van der Waals surface area contributed by atoms with Crippen LogP contribution in [0.4, 0.5) is 11.4 Å². The van der Waals surface area contributed by atoms with E-state index in [2.05, 4.69) is 22.2 Å². The number of anilines is 1. The predicted octanol–water partition coefficient (Wildman–Crippen LogP) is 4.54. The van der Waals surface area contributed by atoms with Crippen LogP contribution in [0.1, 0.15) is 38.7 Å². The number of aromatic nitrogens is 1. The average Bonchev–Trinajstić information content (AvgIpc) is 2.99. The van der Waals surface area contributed by atoms with E-state index < -0.39 is 5.25 Å². The number of rotatable bonds is 7. The van der Waals surface area contributed by atoms with Crippen molar-refractivity contribution in [3.63, 3.8) is 0 Å². The van der Waals surface area contributed by atoms with E-state index in [9.17, 15) is 9.59 Å². The summed E-state index contributed by atoms with van der Waals surface area (Å²) in [5.74, 6) is -0.233. The number of carbonyl (C=O) groups excluding carboxylic acids is 2. The molecule has 1 aromatic heterocycles. The molecule has 0 saturated carbocycles. The zero-order valence-corrected chi connectivity index (χ0v) is 17.8. The fourth-order valence-corrected chi connectivity index (χ4v) is 4.44. The summed E-state index contributed by atoms with van der Waals surface area (Å²) < 4.78 is 0. The largest absolute Gasteiger partial charge is 0.326 e. The highest BCUT2D eigenvalue weighted by Crippen LogP contribution is 2.34. The summed E-state index contributed by atoms with van der Waals surface area (Å²) in [6.45, 7) is 6.11. The molecule has 1 aliphatic rings. The van der Waals surface area contributed by atoms with E-state index in [0.717, 1.165) is 24.1 Å². The van der Waals surface area contributed by atoms with Crippen molar-refractivity contribution in [2.45, 2.75) is 51.3 Å². The number of hydrogen-bond acceptors (Lipinski definition) is 5. The molecule has 1 fully saturated rings. The van der Waals surface area contributed by atoms with Gasteiger partial charge in [0.05, 0.1) is 11.9 Å². The lowest BCUT2D eigenvalue weighted by Crippen LogP contribution is -2.40. The lowest BCUT2D eigenvalue weighted by molar-refractivity contribution is -0.129. The highest BCUT2D eigenvalue weighted by Gasteiger charge is 2.41. The number of benzene rings is 1. The van der Waals surface area contributed by atoms with Gasteiger partial charge in [0.2, 0.25) is 11.8 Å². The number of aliphatic imine (C=N–C) groups is 1. The molecule has 2 amide bonds. The molecule has 0 spiro atoms. The highest BCUT2D eigenvalue weighted by molar-refractivity contribution is 8.15. The van der Waals surface area contributed by atoms with E-state index in [1.165, 1.54) is 11.8 Å². The van der Waals surface area contributed by atoms with Gasteiger partial charge in [-0.2, -0.15) is 0 Å². The van der Waals surface area contributed by atoms with Gasteiger partial charge in [0, 0.05) is 24.3 Å². The number of pyridine rings is 1. The summed E-state index contributed by atoms with van der Waals surface area (Å²) in [7, 11) is 0. The van der Waals surface area contributed by atoms with Gasteiger partial charge in [-0.25, -0.2) is 4.99 Å². The molecule has 1 N–H and O–H groups in total. The minimum atomic E-state index is -0.477. The molecule has 1 saturated heterocycles. The van der Waals surface area contributed by atoms with Gasteiger partial charge in [-0.05, 0) is 44.5 Å². The Hall–Kier alpha value is -2.67. The Labute approximate surface area is 175 Å². The van der Waals surface area contributed by atoms with E-state index in [1.807, 2.05) is 50.2 Å². The smallest absolute Gasteiger partial charge is 0.242 e. The Morgan fingerprint density at radius 2 is 2.07 bits per heavy atom. The summed E-state index contributed by atoms with van der Waals surface area (Å²) in [5, 5.41) is 3.04. The average molecular weight is 411 g/mol. The number of nitrogens with one attached hydrogen (secondary N) is 1. The molecule has 2 atom stereocenters. The molecule has 29 heavy (non-hydrogen) atoms. The first-order chi connectivity index (χ1) is 14.0. The minimum Gasteiger partial charge on any atom is -0.326 e. The van der Waals surface area contributed by atoms with Crippen molar-refractivity contribution >= 4 is 40.1 Å². The maximum atomic E-state index is 13.1. The maximum absolute atomic E-state index is 13.1. The number of amidine groups is 1. The summed E-state index contributed by atoms with van der Waals surface area (Å²) >= 11 is 1.36. The summed E-state index contributed by atoms with van der Waals surface area (Å²) in [4.78, 5) is 36.1. The first-order valence-electron chi connectivity index (χ1n) is 9.83. The third-order valence-corrected chi connectivity index (χ3v) is 5.84. The summed E-state index contributed by atoms with van der Waals surface area (Å²) in [6, 6.07) is 11.3. The molecule has 7 heteroatoms. The molecule has 0 bridgehead atoms. The third-order valence-electron chi connectivity index (χ3n) is 4.69. The number of nitrogens with zero attached hydrogens (tertiary/aromatic N) is 3. The zero-order valence-electron chi connectivity index (χ0n) is 17.0. The quantitative estimate of drug-likeness (QED) is 0.727. The Bertz CT molecular complexity index is 883. The van der Waals surface area contributed by atoms with Gasteiger partial charge in [0.1, 0.15) is 5.25 Å². The predicted molar refractivity (Wildman–Crippen MR) is 118 cm³/mol. The van der Waals surface area contributed by atoms with Gasteiger partial charge in [0.15, 0.2) is 5.17 Å². The van der Waals surface area contributed by atoms with Gasteiger partial charge >= 0.3 is 0 Å². The van der Waals surface area contributed by atoms with Crippen molar-refractivity contribution in [3.05, 3.63) is 54.4 Å². The number of thioether (sulfide) groups is 1. The zero-order chi connectivity index (χ0) is 20.8. The number of amides is 2. The molecule has 1 aliphatic heterocycles. The normalized spacial score (nSPS) is 18.9. The van der Waals surface area contributed by atoms with Crippen molar-refractivity contribution in [1.29, 1.82) is 0 Å². The molecule has 2 heterocycles. The monoisotopic (exact) mass is 410 g/mol. The minimum absolute atomic E-state index is 0.0283. The Kier molecular flexibility index (Phi) is 7.04. The molecule has 152 valence electrons. The molecule has 0 radical (unpaired) electrons. The topological polar surface area (TPSA) is 74.7 Å². The Balaban J connectivity index is 1.75. The van der Waals surface area contributed by atoms with E-state index in [4.69, 9.17) is 0 Å². The van der Waals surface area contributed by atoms with Crippen LogP contribution in [0.2, 0.25) is 0 Å². The van der Waals surface area contributed by atoms with Gasteiger partial charge in [0.25, 0.3) is 0 Å². The molecule has 1 aromatic carbocycles. The fourth-order valence-electron chi connectivity index (χ4n) is 3.19. The van der Waals surface area contributed by atoms with E-state index in [0.29, 0.717) is 10.9 Å². The van der Waals surface area contributed by atoms with E-state index >= 15 is 0 Å². The maximum Gasteiger partial charge on any atom is 0.242 e. The number of carbonyl (C=O) groups is 2. The summed E-state index contributed by atoms with van der Waals surface area (Å²) in [6.07, 6.45) is 5.30. The molecule has 3 rings (SSSR count). The summed E-state index contributed by atoms with van der Waals surface area (Å²) in [5.41, 5.74) is 2.55. The fraction of sp³-hybridized carbons (Fsp3) is 0.364. The lowest BCUT2D eigenvalue weighted by Gasteiger charge is -2.24. The van der Waals surface area contributed by atoms with Gasteiger partial charge < -0.3 is 5.32 Å². The van der Waals surface area contributed by atoms with Crippen LogP contribution >= 0.6 is 11.8 Å². The lowest BCUT2D eigenvalue weighted by atomic mass is 10.1. The third kappa shape index (κ3) is 5.44. The molecular weight excluding hydrogens is 384 g/mol. The van der Waals surface area contributed by atoms with E-state index in [-0.39, 0.29) is 24.3 Å². The second kappa shape index (κ2) is 9.69. The first-order valence-corrected chi connectivity index (χ1v) is 10.7. The Morgan fingerprint density at radius 1 is 1.31 bits per heavy atom. The Morgan fingerprint density at radius 3 is 2.72 bits per heavy atom. The van der Waals surface area contributed by atoms with Crippen LogP contribution in [0, 0.1) is 6.92 Å². The second-order valence-corrected chi connectivity index (χ2v) is 8.35. The standard InChI is InChI=1S/C22H26N4O2S/c1-4-6-16(3)26-21(28)19(29-22(26)25-18-7-5-12-23-14-18)13-20(27)24-17-10-8-15(2)9-11-17/h5,7-12,14,16,19H,4,6,13H2,1-3H3,(H,24,27)/t16-,19+/m1/s1. The van der Waals surface area contributed by atoms with Crippen LogP contribution in [-0.2, 0) is 9.59 Å². The van der Waals surface area contributed by atoms with Crippen molar-refractivity contribution in [3.8, 4) is 0 Å². The second-order valence-electron chi connectivity index (χ2n) is 7.18. The molecule has 6 nitrogen and oxygen atoms in total. The highest BCUT2D eigenvalue weighted by atomic mass is 32.2. The van der Waals surface area contributed by atoms with Crippen LogP contribution in [-0.4, -0.2) is 38.2 Å². The van der Waals surface area contributed by atoms with Crippen molar-refractivity contribution in [2.75, 3.05) is 5.32 Å². The molecule has 2 aromatic rings. The van der Waals surface area contributed by atoms with Crippen LogP contribution < -0.4 is 5.32 Å². The first kappa shape index (κ1) is 21.0. The van der Waals surface area contributed by atoms with Crippen LogP contribution in [0.5, 0.6) is 0 Å². The van der Waals surface area contributed by atoms with Gasteiger partial charge in [-0.1, -0.05) is 42.8 Å². The van der Waals surface area contributed by atoms with Gasteiger partial charge in [-0.3, -0.25) is 19.5 Å². The molecular formula is C22H26N4O2S. The molecule has 0 aliphatic carbocycles. The van der Waals surface area contributed by atoms with E-state index in [1.54, 1.807) is 17.3 Å². The van der Waals surface area contributed by atoms with Crippen molar-refractivity contribution < 1.29 is 9.59 Å². The number of aryl methyl sites for hydroxylation is 1. The number of hydrogen-bond donors (Lipinski definition) is 1. The van der Waals surface area contributed by atoms with Crippen molar-refractivity contribution in [1.82, 2.24) is 9.88 Å². The molecule has 0 unspecified atom stereocenters. The van der Waals surface area contributed by atoms with Gasteiger partial charge in [-0.15, -0.1) is 0 Å². The van der Waals surface area contributed by atoms with Crippen LogP contribution in [0.15, 0.2) is 53.8 Å². The van der Waals surface area contributed by atoms with Crippen molar-refractivity contribution in [2.24, 2.45) is 4.99 Å². The SMILES string of the molecule is CCC[C@@H](C)N1C(=O)[C@H](CC(=O)Nc2ccc(C)cc2)SC1=Nc1cccnc1.